The molecule has 3 aromatic rings. The minimum Gasteiger partial charge on any atom is -0.453 e. The summed E-state index contributed by atoms with van der Waals surface area (Å²) in [7, 11) is 0. The number of carbonyl (C=O) groups excluding carboxylic acids is 1. The fraction of sp³-hybridized carbons (Fsp3) is 0.409. The first-order valence-electron chi connectivity index (χ1n) is 10.2. The zero-order chi connectivity index (χ0) is 21.1. The Balaban J connectivity index is 1.49. The van der Waals surface area contributed by atoms with Gasteiger partial charge in [0.05, 0.1) is 5.75 Å². The Bertz CT molecular complexity index is 1060. The number of amides is 1. The van der Waals surface area contributed by atoms with Crippen molar-refractivity contribution in [1.29, 1.82) is 0 Å². The predicted molar refractivity (Wildman–Crippen MR) is 123 cm³/mol. The fourth-order valence-electron chi connectivity index (χ4n) is 3.91. The molecule has 158 valence electrons. The smallest absolute Gasteiger partial charge is 0.230 e. The van der Waals surface area contributed by atoms with Crippen molar-refractivity contribution in [3.05, 3.63) is 41.4 Å². The molecular weight excluding hydrogens is 464 g/mol. The van der Waals surface area contributed by atoms with Crippen molar-refractivity contribution in [2.24, 2.45) is 5.92 Å². The predicted octanol–water partition coefficient (Wildman–Crippen LogP) is 5.43. The molecule has 0 aliphatic heterocycles. The van der Waals surface area contributed by atoms with Crippen LogP contribution in [-0.2, 0) is 11.3 Å². The van der Waals surface area contributed by atoms with Crippen LogP contribution in [0.3, 0.4) is 0 Å². The van der Waals surface area contributed by atoms with Crippen LogP contribution in [0, 0.1) is 5.92 Å². The van der Waals surface area contributed by atoms with Gasteiger partial charge in [0, 0.05) is 22.4 Å². The van der Waals surface area contributed by atoms with Gasteiger partial charge >= 0.3 is 0 Å². The van der Waals surface area contributed by atoms with Gasteiger partial charge in [-0.2, -0.15) is 0 Å². The molecule has 1 amide bonds. The maximum atomic E-state index is 12.5. The van der Waals surface area contributed by atoms with Gasteiger partial charge in [-0.05, 0) is 43.0 Å². The number of thioether (sulfide) groups is 1. The summed E-state index contributed by atoms with van der Waals surface area (Å²) in [6.45, 7) is 6.60. The molecule has 0 radical (unpaired) electrons. The molecule has 1 aromatic carbocycles. The molecule has 2 heterocycles. The van der Waals surface area contributed by atoms with Crippen molar-refractivity contribution < 1.29 is 9.21 Å². The molecule has 1 aliphatic carbocycles. The van der Waals surface area contributed by atoms with Gasteiger partial charge in [0.1, 0.15) is 5.58 Å². The summed E-state index contributed by atoms with van der Waals surface area (Å²) in [6, 6.07) is 8.10. The van der Waals surface area contributed by atoms with E-state index in [1.165, 1.54) is 31.0 Å². The van der Waals surface area contributed by atoms with Crippen molar-refractivity contribution >= 4 is 44.6 Å². The molecule has 2 aromatic heterocycles. The molecule has 0 saturated heterocycles. The van der Waals surface area contributed by atoms with Gasteiger partial charge in [0.2, 0.25) is 11.7 Å². The first-order valence-corrected chi connectivity index (χ1v) is 12.0. The van der Waals surface area contributed by atoms with Gasteiger partial charge in [-0.3, -0.25) is 9.36 Å². The Kier molecular flexibility index (Phi) is 6.63. The second-order valence-corrected chi connectivity index (χ2v) is 9.58. The van der Waals surface area contributed by atoms with E-state index in [2.05, 4.69) is 44.9 Å². The largest absolute Gasteiger partial charge is 0.453 e. The van der Waals surface area contributed by atoms with Crippen LogP contribution in [0.1, 0.15) is 32.6 Å². The SMILES string of the molecule is C=CCn1c(SCC(=O)N[C@H]2CCCC[C@H]2C)nnc1-c1cc2cc(Br)ccc2o1. The normalized spacial score (nSPS) is 19.1. The van der Waals surface area contributed by atoms with Gasteiger partial charge in [-0.15, -0.1) is 16.8 Å². The molecule has 2 atom stereocenters. The topological polar surface area (TPSA) is 73.0 Å². The van der Waals surface area contributed by atoms with Crippen molar-refractivity contribution in [3.8, 4) is 11.6 Å². The third-order valence-corrected chi connectivity index (χ3v) is 6.98. The third-order valence-electron chi connectivity index (χ3n) is 5.52. The fourth-order valence-corrected chi connectivity index (χ4v) is 5.04. The quantitative estimate of drug-likeness (QED) is 0.354. The highest BCUT2D eigenvalue weighted by Gasteiger charge is 2.23. The number of aromatic nitrogens is 3. The first-order chi connectivity index (χ1) is 14.5. The minimum atomic E-state index is 0.0436. The molecule has 1 N–H and O–H groups in total. The van der Waals surface area contributed by atoms with E-state index in [1.54, 1.807) is 6.08 Å². The van der Waals surface area contributed by atoms with E-state index in [0.717, 1.165) is 21.9 Å². The third kappa shape index (κ3) is 4.64. The van der Waals surface area contributed by atoms with E-state index in [1.807, 2.05) is 28.8 Å². The first kappa shape index (κ1) is 21.2. The van der Waals surface area contributed by atoms with Crippen molar-refractivity contribution in [2.45, 2.75) is 50.4 Å². The number of fused-ring (bicyclic) bond motifs is 1. The summed E-state index contributed by atoms with van der Waals surface area (Å²) in [5.41, 5.74) is 0.788. The van der Waals surface area contributed by atoms with E-state index >= 15 is 0 Å². The average Bonchev–Trinajstić information content (AvgIpc) is 3.32. The summed E-state index contributed by atoms with van der Waals surface area (Å²) in [5.74, 6) is 2.17. The average molecular weight is 489 g/mol. The second-order valence-electron chi connectivity index (χ2n) is 7.72. The number of nitrogens with zero attached hydrogens (tertiary/aromatic N) is 3. The molecule has 30 heavy (non-hydrogen) atoms. The number of benzene rings is 1. The lowest BCUT2D eigenvalue weighted by molar-refractivity contribution is -0.119. The summed E-state index contributed by atoms with van der Waals surface area (Å²) >= 11 is 4.88. The number of hydrogen-bond acceptors (Lipinski definition) is 5. The van der Waals surface area contributed by atoms with Crippen molar-refractivity contribution in [1.82, 2.24) is 20.1 Å². The van der Waals surface area contributed by atoms with Crippen LogP contribution >= 0.6 is 27.7 Å². The van der Waals surface area contributed by atoms with Crippen LogP contribution < -0.4 is 5.32 Å². The maximum absolute atomic E-state index is 12.5. The van der Waals surface area contributed by atoms with E-state index in [9.17, 15) is 4.79 Å². The molecule has 0 bridgehead atoms. The van der Waals surface area contributed by atoms with Gasteiger partial charge in [-0.25, -0.2) is 0 Å². The number of furan rings is 1. The van der Waals surface area contributed by atoms with Gasteiger partial charge in [0.15, 0.2) is 10.9 Å². The van der Waals surface area contributed by atoms with Crippen LogP contribution in [0.25, 0.3) is 22.6 Å². The number of hydrogen-bond donors (Lipinski definition) is 1. The molecule has 0 unspecified atom stereocenters. The van der Waals surface area contributed by atoms with E-state index < -0.39 is 0 Å². The van der Waals surface area contributed by atoms with Crippen LogP contribution in [0.5, 0.6) is 0 Å². The Morgan fingerprint density at radius 2 is 2.20 bits per heavy atom. The highest BCUT2D eigenvalue weighted by molar-refractivity contribution is 9.10. The standard InChI is InChI=1S/C22H25BrN4O2S/c1-3-10-27-21(19-12-15-11-16(23)8-9-18(15)29-19)25-26-22(27)30-13-20(28)24-17-7-5-4-6-14(17)2/h3,8-9,11-12,14,17H,1,4-7,10,13H2,2H3,(H,24,28)/t14-,17+/m1/s1. The maximum Gasteiger partial charge on any atom is 0.230 e. The Hall–Kier alpha value is -2.06. The van der Waals surface area contributed by atoms with E-state index in [0.29, 0.717) is 35.0 Å². The Labute approximate surface area is 188 Å². The molecule has 8 heteroatoms. The van der Waals surface area contributed by atoms with Gasteiger partial charge in [0.25, 0.3) is 0 Å². The van der Waals surface area contributed by atoms with Crippen molar-refractivity contribution in [3.63, 3.8) is 0 Å². The van der Waals surface area contributed by atoms with Gasteiger partial charge in [-0.1, -0.05) is 53.5 Å². The lowest BCUT2D eigenvalue weighted by atomic mass is 9.86. The van der Waals surface area contributed by atoms with Gasteiger partial charge < -0.3 is 9.73 Å². The molecule has 1 saturated carbocycles. The van der Waals surface area contributed by atoms with E-state index in [-0.39, 0.29) is 11.9 Å². The second kappa shape index (κ2) is 9.39. The highest BCUT2D eigenvalue weighted by Crippen LogP contribution is 2.31. The van der Waals surface area contributed by atoms with Crippen molar-refractivity contribution in [2.75, 3.05) is 5.75 Å². The van der Waals surface area contributed by atoms with Crippen LogP contribution in [0.15, 0.2) is 51.0 Å². The molecule has 1 fully saturated rings. The number of nitrogens with one attached hydrogen (secondary N) is 1. The zero-order valence-corrected chi connectivity index (χ0v) is 19.3. The summed E-state index contributed by atoms with van der Waals surface area (Å²) in [6.07, 6.45) is 6.49. The summed E-state index contributed by atoms with van der Waals surface area (Å²) in [5, 5.41) is 13.5. The molecule has 0 spiro atoms. The zero-order valence-electron chi connectivity index (χ0n) is 16.9. The molecule has 6 nitrogen and oxygen atoms in total. The lowest BCUT2D eigenvalue weighted by Crippen LogP contribution is -2.41. The molecule has 1 aliphatic rings. The summed E-state index contributed by atoms with van der Waals surface area (Å²) in [4.78, 5) is 12.5. The lowest BCUT2D eigenvalue weighted by Gasteiger charge is -2.29. The van der Waals surface area contributed by atoms with Crippen LogP contribution in [0.2, 0.25) is 0 Å². The van der Waals surface area contributed by atoms with Crippen LogP contribution in [0.4, 0.5) is 0 Å². The van der Waals surface area contributed by atoms with Crippen LogP contribution in [-0.4, -0.2) is 32.5 Å². The monoisotopic (exact) mass is 488 g/mol. The number of carbonyl (C=O) groups is 1. The number of allylic oxidation sites excluding steroid dienone is 1. The highest BCUT2D eigenvalue weighted by atomic mass is 79.9. The summed E-state index contributed by atoms with van der Waals surface area (Å²) < 4.78 is 8.90. The number of halogens is 1. The Morgan fingerprint density at radius 1 is 1.37 bits per heavy atom. The molecular formula is C22H25BrN4O2S. The molecule has 4 rings (SSSR count). The minimum absolute atomic E-state index is 0.0436. The number of rotatable bonds is 7. The van der Waals surface area contributed by atoms with E-state index in [4.69, 9.17) is 4.42 Å². The Morgan fingerprint density at radius 3 is 3.00 bits per heavy atom.